The van der Waals surface area contributed by atoms with Crippen LogP contribution in [0.5, 0.6) is 0 Å². The minimum Gasteiger partial charge on any atom is -0.354 e. The lowest BCUT2D eigenvalue weighted by Crippen LogP contribution is -2.39. The average Bonchev–Trinajstić information content (AvgIpc) is 3.21. The predicted molar refractivity (Wildman–Crippen MR) is 73.2 cm³/mol. The third kappa shape index (κ3) is 3.84. The quantitative estimate of drug-likeness (QED) is 0.802. The van der Waals surface area contributed by atoms with Crippen molar-refractivity contribution >= 4 is 5.91 Å². The van der Waals surface area contributed by atoms with Crippen LogP contribution in [0.4, 0.5) is 0 Å². The summed E-state index contributed by atoms with van der Waals surface area (Å²) in [5, 5.41) is 2.92. The molecule has 0 bridgehead atoms. The number of carbonyl (C=O) groups excluding carboxylic acids is 1. The Morgan fingerprint density at radius 3 is 2.50 bits per heavy atom. The van der Waals surface area contributed by atoms with Crippen LogP contribution in [0.2, 0.25) is 0 Å². The van der Waals surface area contributed by atoms with E-state index in [1.54, 1.807) is 0 Å². The molecule has 3 nitrogen and oxygen atoms in total. The Morgan fingerprint density at radius 1 is 1.33 bits per heavy atom. The van der Waals surface area contributed by atoms with E-state index >= 15 is 0 Å². The number of nitrogens with one attached hydrogen (secondary N) is 1. The zero-order valence-corrected chi connectivity index (χ0v) is 11.0. The second kappa shape index (κ2) is 6.01. The van der Waals surface area contributed by atoms with Gasteiger partial charge in [0, 0.05) is 12.6 Å². The Labute approximate surface area is 109 Å². The van der Waals surface area contributed by atoms with Gasteiger partial charge in [-0.05, 0) is 36.3 Å². The maximum Gasteiger partial charge on any atom is 0.224 e. The molecule has 0 heterocycles. The molecule has 18 heavy (non-hydrogen) atoms. The lowest BCUT2D eigenvalue weighted by atomic mass is 10.1. The lowest BCUT2D eigenvalue weighted by molar-refractivity contribution is -0.120. The van der Waals surface area contributed by atoms with Crippen molar-refractivity contribution in [2.24, 2.45) is 11.7 Å². The summed E-state index contributed by atoms with van der Waals surface area (Å²) in [6.45, 7) is 2.73. The fourth-order valence-corrected chi connectivity index (χ4v) is 2.06. The molecule has 1 amide bonds. The fraction of sp³-hybridized carbons (Fsp3) is 0.533. The summed E-state index contributed by atoms with van der Waals surface area (Å²) < 4.78 is 0. The van der Waals surface area contributed by atoms with Crippen LogP contribution >= 0.6 is 0 Å². The maximum absolute atomic E-state index is 11.7. The molecular formula is C15H22N2O. The van der Waals surface area contributed by atoms with Crippen molar-refractivity contribution in [3.05, 3.63) is 35.4 Å². The molecule has 0 saturated heterocycles. The van der Waals surface area contributed by atoms with Crippen LogP contribution in [0.3, 0.4) is 0 Å². The van der Waals surface area contributed by atoms with E-state index in [1.165, 1.54) is 18.4 Å². The number of aryl methyl sites for hydroxylation is 1. The SMILES string of the molecule is CCc1ccc(CC(=O)NCC(N)C2CC2)cc1. The van der Waals surface area contributed by atoms with Crippen molar-refractivity contribution in [2.75, 3.05) is 6.54 Å². The second-order valence-corrected chi connectivity index (χ2v) is 5.15. The van der Waals surface area contributed by atoms with Gasteiger partial charge in [0.1, 0.15) is 0 Å². The van der Waals surface area contributed by atoms with E-state index in [2.05, 4.69) is 24.4 Å². The Morgan fingerprint density at radius 2 is 1.94 bits per heavy atom. The Bertz CT molecular complexity index is 395. The summed E-state index contributed by atoms with van der Waals surface area (Å²) in [6.07, 6.45) is 3.91. The highest BCUT2D eigenvalue weighted by molar-refractivity contribution is 5.78. The lowest BCUT2D eigenvalue weighted by Gasteiger charge is -2.11. The Balaban J connectivity index is 1.75. The number of carbonyl (C=O) groups is 1. The van der Waals surface area contributed by atoms with Crippen molar-refractivity contribution < 1.29 is 4.79 Å². The smallest absolute Gasteiger partial charge is 0.224 e. The van der Waals surface area contributed by atoms with Gasteiger partial charge in [0.05, 0.1) is 6.42 Å². The summed E-state index contributed by atoms with van der Waals surface area (Å²) in [5.74, 6) is 0.699. The molecule has 1 aromatic carbocycles. The molecule has 1 unspecified atom stereocenters. The van der Waals surface area contributed by atoms with Crippen LogP contribution in [-0.4, -0.2) is 18.5 Å². The minimum atomic E-state index is 0.0651. The van der Waals surface area contributed by atoms with E-state index in [4.69, 9.17) is 5.73 Å². The molecule has 2 rings (SSSR count). The molecule has 1 saturated carbocycles. The summed E-state index contributed by atoms with van der Waals surface area (Å²) in [7, 11) is 0. The van der Waals surface area contributed by atoms with E-state index in [9.17, 15) is 4.79 Å². The summed E-state index contributed by atoms with van der Waals surface area (Å²) >= 11 is 0. The molecule has 1 aliphatic carbocycles. The van der Waals surface area contributed by atoms with E-state index in [0.29, 0.717) is 18.9 Å². The van der Waals surface area contributed by atoms with Crippen molar-refractivity contribution in [1.29, 1.82) is 0 Å². The molecule has 0 spiro atoms. The number of hydrogen-bond donors (Lipinski definition) is 2. The largest absolute Gasteiger partial charge is 0.354 e. The third-order valence-corrected chi connectivity index (χ3v) is 3.56. The number of benzene rings is 1. The van der Waals surface area contributed by atoms with Gasteiger partial charge in [0.2, 0.25) is 5.91 Å². The van der Waals surface area contributed by atoms with Crippen LogP contribution in [-0.2, 0) is 17.6 Å². The van der Waals surface area contributed by atoms with Crippen molar-refractivity contribution in [3.63, 3.8) is 0 Å². The first-order valence-corrected chi connectivity index (χ1v) is 6.79. The first-order chi connectivity index (χ1) is 8.69. The van der Waals surface area contributed by atoms with E-state index in [-0.39, 0.29) is 11.9 Å². The zero-order valence-electron chi connectivity index (χ0n) is 11.0. The summed E-state index contributed by atoms with van der Waals surface area (Å²) in [4.78, 5) is 11.7. The number of hydrogen-bond acceptors (Lipinski definition) is 2. The Hall–Kier alpha value is -1.35. The molecule has 1 aliphatic rings. The Kier molecular flexibility index (Phi) is 4.37. The van der Waals surface area contributed by atoms with Crippen LogP contribution in [0, 0.1) is 5.92 Å². The van der Waals surface area contributed by atoms with E-state index < -0.39 is 0 Å². The average molecular weight is 246 g/mol. The van der Waals surface area contributed by atoms with Gasteiger partial charge in [-0.3, -0.25) is 4.79 Å². The van der Waals surface area contributed by atoms with Crippen LogP contribution in [0.1, 0.15) is 30.9 Å². The molecule has 0 aliphatic heterocycles. The fourth-order valence-electron chi connectivity index (χ4n) is 2.06. The van der Waals surface area contributed by atoms with Crippen LogP contribution in [0.15, 0.2) is 24.3 Å². The predicted octanol–water partition coefficient (Wildman–Crippen LogP) is 1.64. The van der Waals surface area contributed by atoms with Crippen molar-refractivity contribution in [2.45, 2.75) is 38.6 Å². The molecule has 3 heteroatoms. The van der Waals surface area contributed by atoms with Crippen LogP contribution < -0.4 is 11.1 Å². The van der Waals surface area contributed by atoms with Crippen LogP contribution in [0.25, 0.3) is 0 Å². The van der Waals surface area contributed by atoms with Gasteiger partial charge in [-0.1, -0.05) is 31.2 Å². The maximum atomic E-state index is 11.7. The van der Waals surface area contributed by atoms with E-state index in [1.807, 2.05) is 12.1 Å². The van der Waals surface area contributed by atoms with Gasteiger partial charge >= 0.3 is 0 Å². The standard InChI is InChI=1S/C15H22N2O/c1-2-11-3-5-12(6-4-11)9-15(18)17-10-14(16)13-7-8-13/h3-6,13-14H,2,7-10,16H2,1H3,(H,17,18). The first-order valence-electron chi connectivity index (χ1n) is 6.79. The van der Waals surface area contributed by atoms with Gasteiger partial charge in [-0.15, -0.1) is 0 Å². The summed E-state index contributed by atoms with van der Waals surface area (Å²) in [6, 6.07) is 8.35. The number of nitrogens with two attached hydrogens (primary N) is 1. The van der Waals surface area contributed by atoms with Gasteiger partial charge < -0.3 is 11.1 Å². The highest BCUT2D eigenvalue weighted by atomic mass is 16.1. The van der Waals surface area contributed by atoms with E-state index in [0.717, 1.165) is 12.0 Å². The number of rotatable bonds is 6. The second-order valence-electron chi connectivity index (χ2n) is 5.15. The molecule has 1 aromatic rings. The topological polar surface area (TPSA) is 55.1 Å². The highest BCUT2D eigenvalue weighted by Gasteiger charge is 2.28. The molecular weight excluding hydrogens is 224 g/mol. The molecule has 0 aromatic heterocycles. The zero-order chi connectivity index (χ0) is 13.0. The van der Waals surface area contributed by atoms with Crippen molar-refractivity contribution in [1.82, 2.24) is 5.32 Å². The third-order valence-electron chi connectivity index (χ3n) is 3.56. The molecule has 3 N–H and O–H groups in total. The van der Waals surface area contributed by atoms with Crippen molar-refractivity contribution in [3.8, 4) is 0 Å². The summed E-state index contributed by atoms with van der Waals surface area (Å²) in [5.41, 5.74) is 8.30. The minimum absolute atomic E-state index is 0.0651. The molecule has 1 fully saturated rings. The number of amides is 1. The normalized spacial score (nSPS) is 16.3. The van der Waals surface area contributed by atoms with Gasteiger partial charge in [-0.2, -0.15) is 0 Å². The molecule has 1 atom stereocenters. The van der Waals surface area contributed by atoms with Gasteiger partial charge in [-0.25, -0.2) is 0 Å². The highest BCUT2D eigenvalue weighted by Crippen LogP contribution is 2.31. The molecule has 0 radical (unpaired) electrons. The molecule has 98 valence electrons. The monoisotopic (exact) mass is 246 g/mol. The first kappa shape index (κ1) is 13.1. The van der Waals surface area contributed by atoms with Gasteiger partial charge in [0.15, 0.2) is 0 Å². The van der Waals surface area contributed by atoms with Gasteiger partial charge in [0.25, 0.3) is 0 Å².